The van der Waals surface area contributed by atoms with Crippen LogP contribution in [-0.2, 0) is 17.8 Å². The molecular weight excluding hydrogens is 544 g/mol. The smallest absolute Gasteiger partial charge is 0.412 e. The van der Waals surface area contributed by atoms with Crippen molar-refractivity contribution in [3.05, 3.63) is 89.0 Å². The lowest BCUT2D eigenvalue weighted by molar-refractivity contribution is -0.116. The number of aromatic hydroxyl groups is 1. The van der Waals surface area contributed by atoms with Gasteiger partial charge in [0.15, 0.2) is 11.5 Å². The predicted molar refractivity (Wildman–Crippen MR) is 167 cm³/mol. The van der Waals surface area contributed by atoms with Crippen LogP contribution in [0.3, 0.4) is 0 Å². The molecule has 0 radical (unpaired) electrons. The molecule has 9 heteroatoms. The standard InChI is InChI=1S/C34H40N4O5/c1-37-29-14-13-27(22-26(29)23-38-20-17-25-9-5-6-10-28(25)33(37)38)43-34(41)36-19-8-4-3-7-18-35-32(40)16-12-24-11-15-30(39)31(21-24)42-2/h5-6,9-16,21-22,33,39H,3-4,7-8,17-20,23H2,1-2H3,(H,35,40)(H,36,41)/b16-12+. The van der Waals surface area contributed by atoms with Crippen LogP contribution in [0.1, 0.15) is 54.1 Å². The van der Waals surface area contributed by atoms with Crippen LogP contribution in [0.5, 0.6) is 17.2 Å². The van der Waals surface area contributed by atoms with E-state index in [0.29, 0.717) is 24.6 Å². The number of anilines is 1. The minimum absolute atomic E-state index is 0.0570. The first kappa shape index (κ1) is 30.0. The van der Waals surface area contributed by atoms with Gasteiger partial charge in [0.2, 0.25) is 5.91 Å². The second-order valence-corrected chi connectivity index (χ2v) is 11.0. The van der Waals surface area contributed by atoms with Gasteiger partial charge in [-0.15, -0.1) is 0 Å². The first-order valence-electron chi connectivity index (χ1n) is 14.9. The summed E-state index contributed by atoms with van der Waals surface area (Å²) in [7, 11) is 3.61. The predicted octanol–water partition coefficient (Wildman–Crippen LogP) is 5.39. The molecule has 0 saturated carbocycles. The first-order valence-corrected chi connectivity index (χ1v) is 14.9. The summed E-state index contributed by atoms with van der Waals surface area (Å²) in [6.07, 6.45) is 7.52. The molecule has 9 nitrogen and oxygen atoms in total. The Bertz CT molecular complexity index is 1470. The Labute approximate surface area is 253 Å². The number of benzene rings is 3. The molecule has 0 aromatic heterocycles. The molecule has 0 bridgehead atoms. The molecular formula is C34H40N4O5. The summed E-state index contributed by atoms with van der Waals surface area (Å²) in [6, 6.07) is 19.5. The number of carbonyl (C=O) groups is 2. The summed E-state index contributed by atoms with van der Waals surface area (Å²) < 4.78 is 10.7. The van der Waals surface area contributed by atoms with Crippen LogP contribution < -0.4 is 25.0 Å². The van der Waals surface area contributed by atoms with E-state index in [2.05, 4.69) is 51.7 Å². The average molecular weight is 585 g/mol. The van der Waals surface area contributed by atoms with Gasteiger partial charge in [-0.3, -0.25) is 9.69 Å². The zero-order valence-electron chi connectivity index (χ0n) is 24.8. The van der Waals surface area contributed by atoms with Gasteiger partial charge < -0.3 is 30.1 Å². The molecule has 2 aliphatic rings. The van der Waals surface area contributed by atoms with Crippen LogP contribution in [-0.4, -0.2) is 55.8 Å². The third-order valence-corrected chi connectivity index (χ3v) is 8.03. The number of ether oxygens (including phenoxy) is 2. The Hall–Kier alpha value is -4.50. The van der Waals surface area contributed by atoms with Crippen molar-refractivity contribution in [1.82, 2.24) is 15.5 Å². The van der Waals surface area contributed by atoms with E-state index < -0.39 is 6.09 Å². The van der Waals surface area contributed by atoms with Gasteiger partial charge in [0.1, 0.15) is 11.9 Å². The summed E-state index contributed by atoms with van der Waals surface area (Å²) >= 11 is 0. The number of unbranched alkanes of at least 4 members (excludes halogenated alkanes) is 3. The monoisotopic (exact) mass is 584 g/mol. The molecule has 2 heterocycles. The van der Waals surface area contributed by atoms with Gasteiger partial charge in [0, 0.05) is 45.0 Å². The van der Waals surface area contributed by atoms with Crippen molar-refractivity contribution in [2.24, 2.45) is 0 Å². The summed E-state index contributed by atoms with van der Waals surface area (Å²) in [5, 5.41) is 15.4. The maximum absolute atomic E-state index is 12.4. The number of nitrogens with zero attached hydrogens (tertiary/aromatic N) is 2. The van der Waals surface area contributed by atoms with E-state index >= 15 is 0 Å². The van der Waals surface area contributed by atoms with Gasteiger partial charge in [0.05, 0.1) is 7.11 Å². The SMILES string of the molecule is COc1cc(/C=C/C(=O)NCCCCCCNC(=O)Oc2ccc3c(c2)CN2CCc4ccccc4C2N3C)ccc1O. The van der Waals surface area contributed by atoms with E-state index in [4.69, 9.17) is 9.47 Å². The maximum atomic E-state index is 12.4. The maximum Gasteiger partial charge on any atom is 0.412 e. The molecule has 3 aromatic rings. The number of methoxy groups -OCH3 is 1. The van der Waals surface area contributed by atoms with Crippen LogP contribution in [0.25, 0.3) is 6.08 Å². The van der Waals surface area contributed by atoms with E-state index in [1.165, 1.54) is 30.4 Å². The summed E-state index contributed by atoms with van der Waals surface area (Å²) in [5.74, 6) is 0.794. The molecule has 5 rings (SSSR count). The lowest BCUT2D eigenvalue weighted by Gasteiger charge is -2.47. The van der Waals surface area contributed by atoms with Gasteiger partial charge >= 0.3 is 6.09 Å². The van der Waals surface area contributed by atoms with Crippen molar-refractivity contribution in [3.8, 4) is 17.2 Å². The number of amides is 2. The Morgan fingerprint density at radius 3 is 2.58 bits per heavy atom. The Balaban J connectivity index is 0.976. The molecule has 226 valence electrons. The quantitative estimate of drug-likeness (QED) is 0.205. The van der Waals surface area contributed by atoms with E-state index in [1.54, 1.807) is 18.2 Å². The van der Waals surface area contributed by atoms with Crippen LogP contribution in [0, 0.1) is 0 Å². The lowest BCUT2D eigenvalue weighted by Crippen LogP contribution is -2.47. The Kier molecular flexibility index (Phi) is 9.84. The fourth-order valence-electron chi connectivity index (χ4n) is 5.84. The number of phenolic OH excluding ortho intramolecular Hbond substituents is 1. The highest BCUT2D eigenvalue weighted by Gasteiger charge is 2.35. The van der Waals surface area contributed by atoms with Crippen LogP contribution in [0.4, 0.5) is 10.5 Å². The number of nitrogens with one attached hydrogen (secondary N) is 2. The van der Waals surface area contributed by atoms with Crippen LogP contribution >= 0.6 is 0 Å². The second-order valence-electron chi connectivity index (χ2n) is 11.0. The molecule has 0 aliphatic carbocycles. The van der Waals surface area contributed by atoms with Crippen molar-refractivity contribution in [3.63, 3.8) is 0 Å². The highest BCUT2D eigenvalue weighted by Crippen LogP contribution is 2.42. The number of carbonyl (C=O) groups excluding carboxylic acids is 2. The van der Waals surface area contributed by atoms with Gasteiger partial charge in [-0.2, -0.15) is 0 Å². The number of hydrogen-bond acceptors (Lipinski definition) is 7. The van der Waals surface area contributed by atoms with E-state index in [0.717, 1.165) is 62.0 Å². The fourth-order valence-corrected chi connectivity index (χ4v) is 5.84. The van der Waals surface area contributed by atoms with E-state index in [1.807, 2.05) is 18.2 Å². The molecule has 2 aliphatic heterocycles. The second kappa shape index (κ2) is 14.1. The topological polar surface area (TPSA) is 103 Å². The lowest BCUT2D eigenvalue weighted by atomic mass is 9.93. The fraction of sp³-hybridized carbons (Fsp3) is 0.353. The van der Waals surface area contributed by atoms with Gasteiger partial charge in [-0.1, -0.05) is 43.2 Å². The normalized spacial score (nSPS) is 15.8. The molecule has 43 heavy (non-hydrogen) atoms. The van der Waals surface area contributed by atoms with Crippen molar-refractivity contribution in [1.29, 1.82) is 0 Å². The highest BCUT2D eigenvalue weighted by atomic mass is 16.6. The summed E-state index contributed by atoms with van der Waals surface area (Å²) in [5.41, 5.74) is 5.87. The van der Waals surface area contributed by atoms with Gasteiger partial charge in [0.25, 0.3) is 0 Å². The minimum Gasteiger partial charge on any atom is -0.504 e. The molecule has 0 saturated heterocycles. The largest absolute Gasteiger partial charge is 0.504 e. The molecule has 1 unspecified atom stereocenters. The summed E-state index contributed by atoms with van der Waals surface area (Å²) in [6.45, 7) is 2.93. The molecule has 0 spiro atoms. The number of rotatable bonds is 11. The third kappa shape index (κ3) is 7.48. The molecule has 3 aromatic carbocycles. The van der Waals surface area contributed by atoms with Crippen molar-refractivity contribution in [2.75, 3.05) is 38.7 Å². The highest BCUT2D eigenvalue weighted by molar-refractivity contribution is 5.91. The number of hydrogen-bond donors (Lipinski definition) is 3. The molecule has 2 amide bonds. The number of phenols is 1. The van der Waals surface area contributed by atoms with Crippen molar-refractivity contribution < 1.29 is 24.2 Å². The average Bonchev–Trinajstić information content (AvgIpc) is 3.01. The molecule has 1 atom stereocenters. The van der Waals surface area contributed by atoms with Gasteiger partial charge in [-0.25, -0.2) is 4.79 Å². The zero-order valence-corrected chi connectivity index (χ0v) is 24.8. The Morgan fingerprint density at radius 2 is 1.77 bits per heavy atom. The molecule has 0 fully saturated rings. The van der Waals surface area contributed by atoms with Gasteiger partial charge in [-0.05, 0) is 77.9 Å². The minimum atomic E-state index is -0.445. The summed E-state index contributed by atoms with van der Waals surface area (Å²) in [4.78, 5) is 29.3. The van der Waals surface area contributed by atoms with Crippen LogP contribution in [0.15, 0.2) is 66.7 Å². The van der Waals surface area contributed by atoms with Crippen molar-refractivity contribution in [2.45, 2.75) is 44.8 Å². The number of fused-ring (bicyclic) bond motifs is 4. The van der Waals surface area contributed by atoms with E-state index in [9.17, 15) is 14.7 Å². The zero-order chi connectivity index (χ0) is 30.2. The van der Waals surface area contributed by atoms with Crippen molar-refractivity contribution >= 4 is 23.8 Å². The first-order chi connectivity index (χ1) is 20.9. The Morgan fingerprint density at radius 1 is 0.977 bits per heavy atom. The van der Waals surface area contributed by atoms with Crippen LogP contribution in [0.2, 0.25) is 0 Å². The van der Waals surface area contributed by atoms with E-state index in [-0.39, 0.29) is 17.8 Å². The molecule has 3 N–H and O–H groups in total. The third-order valence-electron chi connectivity index (χ3n) is 8.03.